The molecule has 0 atom stereocenters. The molecule has 0 bridgehead atoms. The van der Waals surface area contributed by atoms with E-state index in [1.54, 1.807) is 13.8 Å². The molecule has 0 amide bonds. The van der Waals surface area contributed by atoms with Crippen LogP contribution in [0.25, 0.3) is 0 Å². The largest absolute Gasteiger partial charge is 0.345 e. The lowest BCUT2D eigenvalue weighted by Crippen LogP contribution is -2.36. The van der Waals surface area contributed by atoms with E-state index in [0.29, 0.717) is 0 Å². The summed E-state index contributed by atoms with van der Waals surface area (Å²) in [6, 6.07) is 0. The van der Waals surface area contributed by atoms with Gasteiger partial charge in [0.1, 0.15) is 0 Å². The van der Waals surface area contributed by atoms with E-state index >= 15 is 0 Å². The molecule has 0 aromatic carbocycles. The smallest absolute Gasteiger partial charge is 0.222 e. The predicted octanol–water partition coefficient (Wildman–Crippen LogP) is 2.59. The maximum atomic E-state index is 13.0. The molecule has 13 heavy (non-hydrogen) atoms. The average molecular weight is 214 g/mol. The van der Waals surface area contributed by atoms with Crippen LogP contribution in [0.1, 0.15) is 40.0 Å². The Balaban J connectivity index is 4.95. The third-order valence-electron chi connectivity index (χ3n) is 2.18. The van der Waals surface area contributed by atoms with Crippen LogP contribution in [-0.4, -0.2) is 18.9 Å². The molecule has 0 radical (unpaired) electrons. The Kier molecular flexibility index (Phi) is 4.29. The molecule has 0 saturated carbocycles. The van der Waals surface area contributed by atoms with Gasteiger partial charge < -0.3 is 0 Å². The molecule has 0 saturated heterocycles. The molecule has 2 nitrogen and oxygen atoms in total. The summed E-state index contributed by atoms with van der Waals surface area (Å²) in [5.74, 6) is 0. The van der Waals surface area contributed by atoms with E-state index in [0.717, 1.165) is 0 Å². The lowest BCUT2D eigenvalue weighted by atomic mass is 10.3. The van der Waals surface area contributed by atoms with Gasteiger partial charge in [-0.1, -0.05) is 20.8 Å². The maximum Gasteiger partial charge on any atom is 0.345 e. The summed E-state index contributed by atoms with van der Waals surface area (Å²) in [6.07, 6.45) is -0.158. The summed E-state index contributed by atoms with van der Waals surface area (Å²) in [5, 5.41) is -4.48. The maximum absolute atomic E-state index is 13.0. The highest BCUT2D eigenvalue weighted by Gasteiger charge is 2.46. The van der Waals surface area contributed by atoms with Crippen LogP contribution in [-0.2, 0) is 9.84 Å². The Labute approximate surface area is 78.3 Å². The number of sulfone groups is 1. The predicted molar refractivity (Wildman–Crippen MR) is 48.5 cm³/mol. The van der Waals surface area contributed by atoms with Gasteiger partial charge >= 0.3 is 5.25 Å². The second kappa shape index (κ2) is 4.35. The molecule has 0 rings (SSSR count). The minimum Gasteiger partial charge on any atom is -0.222 e. The van der Waals surface area contributed by atoms with Crippen LogP contribution < -0.4 is 0 Å². The van der Waals surface area contributed by atoms with Gasteiger partial charge in [0, 0.05) is 6.42 Å². The summed E-state index contributed by atoms with van der Waals surface area (Å²) in [7, 11) is -4.28. The van der Waals surface area contributed by atoms with E-state index in [1.165, 1.54) is 6.92 Å². The molecule has 0 aliphatic heterocycles. The van der Waals surface area contributed by atoms with E-state index in [-0.39, 0.29) is 12.8 Å². The second-order valence-electron chi connectivity index (χ2n) is 2.97. The minimum atomic E-state index is -4.28. The van der Waals surface area contributed by atoms with Gasteiger partial charge in [-0.05, 0) is 12.8 Å². The number of hydrogen-bond donors (Lipinski definition) is 0. The summed E-state index contributed by atoms with van der Waals surface area (Å²) >= 11 is 0. The highest BCUT2D eigenvalue weighted by Crippen LogP contribution is 2.31. The first kappa shape index (κ1) is 12.8. The number of alkyl halides is 2. The molecule has 0 unspecified atom stereocenters. The average Bonchev–Trinajstić information content (AvgIpc) is 2.06. The molecule has 0 heterocycles. The van der Waals surface area contributed by atoms with Crippen molar-refractivity contribution in [2.24, 2.45) is 0 Å². The highest BCUT2D eigenvalue weighted by atomic mass is 32.2. The van der Waals surface area contributed by atoms with E-state index < -0.39 is 26.8 Å². The molecule has 0 aliphatic rings. The van der Waals surface area contributed by atoms with Crippen molar-refractivity contribution in [3.8, 4) is 0 Å². The molecule has 0 N–H and O–H groups in total. The van der Waals surface area contributed by atoms with Gasteiger partial charge in [-0.15, -0.1) is 0 Å². The van der Waals surface area contributed by atoms with Crippen molar-refractivity contribution in [3.05, 3.63) is 0 Å². The zero-order valence-electron chi connectivity index (χ0n) is 8.18. The van der Waals surface area contributed by atoms with Gasteiger partial charge in [-0.2, -0.15) is 8.78 Å². The lowest BCUT2D eigenvalue weighted by Gasteiger charge is -2.20. The Morgan fingerprint density at radius 2 is 1.54 bits per heavy atom. The van der Waals surface area contributed by atoms with Crippen molar-refractivity contribution in [2.45, 2.75) is 50.5 Å². The van der Waals surface area contributed by atoms with Crippen molar-refractivity contribution in [1.82, 2.24) is 0 Å². The molecule has 0 fully saturated rings. The minimum absolute atomic E-state index is 0.244. The number of hydrogen-bond acceptors (Lipinski definition) is 2. The van der Waals surface area contributed by atoms with Crippen LogP contribution in [0.5, 0.6) is 0 Å². The summed E-state index contributed by atoms with van der Waals surface area (Å²) in [6.45, 7) is 4.40. The topological polar surface area (TPSA) is 34.1 Å². The van der Waals surface area contributed by atoms with Crippen LogP contribution in [0.2, 0.25) is 0 Å². The van der Waals surface area contributed by atoms with Crippen molar-refractivity contribution in [3.63, 3.8) is 0 Å². The first-order valence-electron chi connectivity index (χ1n) is 4.44. The molecular formula is C8H16F2O2S. The van der Waals surface area contributed by atoms with Crippen molar-refractivity contribution < 1.29 is 17.2 Å². The summed E-state index contributed by atoms with van der Waals surface area (Å²) < 4.78 is 48.5. The van der Waals surface area contributed by atoms with Gasteiger partial charge in [0.25, 0.3) is 0 Å². The van der Waals surface area contributed by atoms with Crippen LogP contribution in [0.4, 0.5) is 8.78 Å². The van der Waals surface area contributed by atoms with Crippen LogP contribution >= 0.6 is 0 Å². The number of rotatable bonds is 5. The lowest BCUT2D eigenvalue weighted by molar-refractivity contribution is 0.0863. The first-order valence-corrected chi connectivity index (χ1v) is 5.99. The first-order chi connectivity index (χ1) is 5.83. The number of halogens is 2. The highest BCUT2D eigenvalue weighted by molar-refractivity contribution is 7.93. The van der Waals surface area contributed by atoms with Crippen molar-refractivity contribution in [2.75, 3.05) is 0 Å². The normalized spacial score (nSPS) is 13.7. The summed E-state index contributed by atoms with van der Waals surface area (Å²) in [4.78, 5) is 0. The molecule has 5 heteroatoms. The Morgan fingerprint density at radius 3 is 1.77 bits per heavy atom. The SMILES string of the molecule is CCC(CC)S(=O)(=O)C(F)(F)CC. The fourth-order valence-corrected chi connectivity index (χ4v) is 2.94. The van der Waals surface area contributed by atoms with Crippen molar-refractivity contribution >= 4 is 9.84 Å². The molecular weight excluding hydrogens is 198 g/mol. The van der Waals surface area contributed by atoms with Crippen LogP contribution in [0.3, 0.4) is 0 Å². The monoisotopic (exact) mass is 214 g/mol. The molecule has 80 valence electrons. The Bertz CT molecular complexity index is 243. The van der Waals surface area contributed by atoms with Crippen LogP contribution in [0.15, 0.2) is 0 Å². The summed E-state index contributed by atoms with van der Waals surface area (Å²) in [5.41, 5.74) is 0. The van der Waals surface area contributed by atoms with E-state index in [9.17, 15) is 17.2 Å². The van der Waals surface area contributed by atoms with Gasteiger partial charge in [-0.3, -0.25) is 0 Å². The molecule has 0 aromatic heterocycles. The fraction of sp³-hybridized carbons (Fsp3) is 1.00. The molecule has 0 aliphatic carbocycles. The zero-order chi connectivity index (χ0) is 10.7. The third kappa shape index (κ3) is 2.39. The van der Waals surface area contributed by atoms with Crippen LogP contribution in [0, 0.1) is 0 Å². The van der Waals surface area contributed by atoms with E-state index in [4.69, 9.17) is 0 Å². The second-order valence-corrected chi connectivity index (χ2v) is 5.33. The fourth-order valence-electron chi connectivity index (χ4n) is 1.17. The van der Waals surface area contributed by atoms with Gasteiger partial charge in [0.2, 0.25) is 9.84 Å². The third-order valence-corrected chi connectivity index (χ3v) is 4.84. The van der Waals surface area contributed by atoms with Crippen molar-refractivity contribution in [1.29, 1.82) is 0 Å². The van der Waals surface area contributed by atoms with E-state index in [2.05, 4.69) is 0 Å². The zero-order valence-corrected chi connectivity index (χ0v) is 9.00. The molecule has 0 spiro atoms. The standard InChI is InChI=1S/C8H16F2O2S/c1-4-7(5-2)13(11,12)8(9,10)6-3/h7H,4-6H2,1-3H3. The van der Waals surface area contributed by atoms with Gasteiger partial charge in [0.05, 0.1) is 5.25 Å². The Morgan fingerprint density at radius 1 is 1.15 bits per heavy atom. The Hall–Kier alpha value is -0.190. The van der Waals surface area contributed by atoms with Gasteiger partial charge in [-0.25, -0.2) is 8.42 Å². The van der Waals surface area contributed by atoms with Gasteiger partial charge in [0.15, 0.2) is 0 Å². The molecule has 0 aromatic rings. The van der Waals surface area contributed by atoms with E-state index in [1.807, 2.05) is 0 Å². The quantitative estimate of drug-likeness (QED) is 0.705.